The summed E-state index contributed by atoms with van der Waals surface area (Å²) in [6.45, 7) is 6.65. The van der Waals surface area contributed by atoms with E-state index in [1.807, 2.05) is 24.3 Å². The molecule has 1 aromatic rings. The van der Waals surface area contributed by atoms with E-state index in [4.69, 9.17) is 4.74 Å². The molecule has 1 aliphatic rings. The minimum atomic E-state index is -0.260. The number of carbonyl (C=O) groups excluding carboxylic acids is 1. The quantitative estimate of drug-likeness (QED) is 0.828. The Hall–Kier alpha value is -1.35. The maximum absolute atomic E-state index is 12.6. The zero-order chi connectivity index (χ0) is 13.7. The summed E-state index contributed by atoms with van der Waals surface area (Å²) >= 11 is 0. The minimum absolute atomic E-state index is 0.238. The molecule has 2 rings (SSSR count). The lowest BCUT2D eigenvalue weighted by molar-refractivity contribution is 0.0773. The van der Waals surface area contributed by atoms with Crippen LogP contribution in [0.1, 0.15) is 43.5 Å². The monoisotopic (exact) mass is 261 g/mol. The molecule has 3 heteroatoms. The standard InChI is InChI=1S/C16H23NO2/c1-3-11-19-14-7-5-13(6-8-14)15(18)16(2)9-4-10-17-12-16/h5-8,17H,3-4,9-12H2,1-2H3. The fraction of sp³-hybridized carbons (Fsp3) is 0.562. The molecule has 0 aromatic heterocycles. The molecule has 19 heavy (non-hydrogen) atoms. The van der Waals surface area contributed by atoms with Crippen molar-refractivity contribution >= 4 is 5.78 Å². The lowest BCUT2D eigenvalue weighted by atomic mass is 9.76. The van der Waals surface area contributed by atoms with Crippen molar-refractivity contribution in [1.29, 1.82) is 0 Å². The van der Waals surface area contributed by atoms with Gasteiger partial charge in [-0.3, -0.25) is 4.79 Å². The van der Waals surface area contributed by atoms with Crippen molar-refractivity contribution in [2.24, 2.45) is 5.41 Å². The summed E-state index contributed by atoms with van der Waals surface area (Å²) in [5.74, 6) is 1.08. The van der Waals surface area contributed by atoms with Crippen LogP contribution in [0, 0.1) is 5.41 Å². The van der Waals surface area contributed by atoms with Crippen molar-refractivity contribution < 1.29 is 9.53 Å². The van der Waals surface area contributed by atoms with Gasteiger partial charge in [0.05, 0.1) is 6.61 Å². The van der Waals surface area contributed by atoms with Crippen LogP contribution in [-0.2, 0) is 0 Å². The van der Waals surface area contributed by atoms with E-state index in [0.717, 1.165) is 50.3 Å². The summed E-state index contributed by atoms with van der Waals surface area (Å²) in [6.07, 6.45) is 3.03. The Morgan fingerprint density at radius 3 is 2.68 bits per heavy atom. The first kappa shape index (κ1) is 14.1. The Balaban J connectivity index is 2.06. The van der Waals surface area contributed by atoms with Crippen molar-refractivity contribution in [1.82, 2.24) is 5.32 Å². The molecule has 1 atom stereocenters. The van der Waals surface area contributed by atoms with Crippen molar-refractivity contribution in [2.75, 3.05) is 19.7 Å². The number of hydrogen-bond acceptors (Lipinski definition) is 3. The molecular weight excluding hydrogens is 238 g/mol. The van der Waals surface area contributed by atoms with Crippen LogP contribution < -0.4 is 10.1 Å². The topological polar surface area (TPSA) is 38.3 Å². The first-order valence-corrected chi connectivity index (χ1v) is 7.14. The fourth-order valence-electron chi connectivity index (χ4n) is 2.52. The van der Waals surface area contributed by atoms with Crippen LogP contribution in [0.4, 0.5) is 0 Å². The maximum atomic E-state index is 12.6. The predicted molar refractivity (Wildman–Crippen MR) is 76.8 cm³/mol. The number of carbonyl (C=O) groups is 1. The van der Waals surface area contributed by atoms with Gasteiger partial charge in [0.15, 0.2) is 5.78 Å². The van der Waals surface area contributed by atoms with Gasteiger partial charge in [0.25, 0.3) is 0 Å². The molecule has 1 saturated heterocycles. The second-order valence-corrected chi connectivity index (χ2v) is 5.54. The molecule has 104 valence electrons. The van der Waals surface area contributed by atoms with Gasteiger partial charge in [-0.1, -0.05) is 13.8 Å². The van der Waals surface area contributed by atoms with Crippen LogP contribution in [0.15, 0.2) is 24.3 Å². The van der Waals surface area contributed by atoms with Gasteiger partial charge >= 0.3 is 0 Å². The summed E-state index contributed by atoms with van der Waals surface area (Å²) in [5, 5.41) is 3.32. The number of hydrogen-bond donors (Lipinski definition) is 1. The number of Topliss-reactive ketones (excluding diaryl/α,β-unsaturated/α-hetero) is 1. The SMILES string of the molecule is CCCOc1ccc(C(=O)C2(C)CCCNC2)cc1. The van der Waals surface area contributed by atoms with Crippen LogP contribution in [-0.4, -0.2) is 25.5 Å². The Morgan fingerprint density at radius 1 is 1.37 bits per heavy atom. The van der Waals surface area contributed by atoms with Gasteiger partial charge in [-0.05, 0) is 50.1 Å². The molecule has 0 aliphatic carbocycles. The highest BCUT2D eigenvalue weighted by Gasteiger charge is 2.34. The zero-order valence-corrected chi connectivity index (χ0v) is 11.9. The molecule has 0 radical (unpaired) electrons. The highest BCUT2D eigenvalue weighted by molar-refractivity contribution is 6.00. The van der Waals surface area contributed by atoms with Gasteiger partial charge in [-0.15, -0.1) is 0 Å². The fourth-order valence-corrected chi connectivity index (χ4v) is 2.52. The first-order chi connectivity index (χ1) is 9.15. The second-order valence-electron chi connectivity index (χ2n) is 5.54. The molecule has 1 aliphatic heterocycles. The average molecular weight is 261 g/mol. The Labute approximate surface area is 115 Å². The number of ketones is 1. The molecule has 0 bridgehead atoms. The van der Waals surface area contributed by atoms with E-state index in [-0.39, 0.29) is 11.2 Å². The third-order valence-electron chi connectivity index (χ3n) is 3.73. The molecule has 1 unspecified atom stereocenters. The Morgan fingerprint density at radius 2 is 2.11 bits per heavy atom. The van der Waals surface area contributed by atoms with Gasteiger partial charge in [0.1, 0.15) is 5.75 Å². The smallest absolute Gasteiger partial charge is 0.169 e. The van der Waals surface area contributed by atoms with Gasteiger partial charge in [0.2, 0.25) is 0 Å². The lowest BCUT2D eigenvalue weighted by Crippen LogP contribution is -2.43. The van der Waals surface area contributed by atoms with Crippen LogP contribution in [0.2, 0.25) is 0 Å². The lowest BCUT2D eigenvalue weighted by Gasteiger charge is -2.32. The van der Waals surface area contributed by atoms with Gasteiger partial charge in [-0.25, -0.2) is 0 Å². The van der Waals surface area contributed by atoms with E-state index in [1.165, 1.54) is 0 Å². The number of piperidine rings is 1. The van der Waals surface area contributed by atoms with E-state index in [2.05, 4.69) is 19.2 Å². The molecular formula is C16H23NO2. The summed E-state index contributed by atoms with van der Waals surface area (Å²) in [4.78, 5) is 12.6. The summed E-state index contributed by atoms with van der Waals surface area (Å²) < 4.78 is 5.54. The highest BCUT2D eigenvalue weighted by atomic mass is 16.5. The molecule has 1 fully saturated rings. The maximum Gasteiger partial charge on any atom is 0.169 e. The number of nitrogens with one attached hydrogen (secondary N) is 1. The predicted octanol–water partition coefficient (Wildman–Crippen LogP) is 3.05. The third-order valence-corrected chi connectivity index (χ3v) is 3.73. The number of rotatable bonds is 5. The van der Waals surface area contributed by atoms with Crippen LogP contribution in [0.25, 0.3) is 0 Å². The molecule has 0 saturated carbocycles. The van der Waals surface area contributed by atoms with Gasteiger partial charge in [-0.2, -0.15) is 0 Å². The van der Waals surface area contributed by atoms with Crippen LogP contribution >= 0.6 is 0 Å². The second kappa shape index (κ2) is 6.20. The van der Waals surface area contributed by atoms with E-state index in [1.54, 1.807) is 0 Å². The Kier molecular flexibility index (Phi) is 4.59. The molecule has 1 aromatic carbocycles. The van der Waals surface area contributed by atoms with Crippen molar-refractivity contribution in [3.8, 4) is 5.75 Å². The zero-order valence-electron chi connectivity index (χ0n) is 11.9. The molecule has 0 spiro atoms. The molecule has 0 amide bonds. The average Bonchev–Trinajstić information content (AvgIpc) is 2.46. The third kappa shape index (κ3) is 3.35. The Bertz CT molecular complexity index is 419. The van der Waals surface area contributed by atoms with Crippen molar-refractivity contribution in [2.45, 2.75) is 33.1 Å². The van der Waals surface area contributed by atoms with Crippen LogP contribution in [0.3, 0.4) is 0 Å². The normalized spacial score (nSPS) is 23.1. The van der Waals surface area contributed by atoms with E-state index in [9.17, 15) is 4.79 Å². The van der Waals surface area contributed by atoms with Crippen LogP contribution in [0.5, 0.6) is 5.75 Å². The number of benzene rings is 1. The highest BCUT2D eigenvalue weighted by Crippen LogP contribution is 2.30. The molecule has 1 N–H and O–H groups in total. The number of ether oxygens (including phenoxy) is 1. The molecule has 1 heterocycles. The minimum Gasteiger partial charge on any atom is -0.494 e. The van der Waals surface area contributed by atoms with Gasteiger partial charge < -0.3 is 10.1 Å². The summed E-state index contributed by atoms with van der Waals surface area (Å²) in [7, 11) is 0. The molecule has 3 nitrogen and oxygen atoms in total. The van der Waals surface area contributed by atoms with Crippen molar-refractivity contribution in [3.05, 3.63) is 29.8 Å². The van der Waals surface area contributed by atoms with Gasteiger partial charge in [0, 0.05) is 17.5 Å². The van der Waals surface area contributed by atoms with E-state index in [0.29, 0.717) is 0 Å². The van der Waals surface area contributed by atoms with Crippen molar-refractivity contribution in [3.63, 3.8) is 0 Å². The summed E-state index contributed by atoms with van der Waals surface area (Å²) in [6, 6.07) is 7.55. The van der Waals surface area contributed by atoms with E-state index < -0.39 is 0 Å². The largest absolute Gasteiger partial charge is 0.494 e. The first-order valence-electron chi connectivity index (χ1n) is 7.14. The summed E-state index contributed by atoms with van der Waals surface area (Å²) in [5.41, 5.74) is 0.527. The van der Waals surface area contributed by atoms with E-state index >= 15 is 0 Å².